The molecule has 8 heteroatoms. The standard InChI is InChI=1S/C15H14N8/c1-23-11(7-8-18-23)20-15-21-13-12(16-9-17-13)14(22-15)19-10-5-3-2-4-6-10/h2-9H,1H3,(H3,16,17,19,20,21,22). The van der Waals surface area contributed by atoms with Gasteiger partial charge >= 0.3 is 0 Å². The van der Waals surface area contributed by atoms with Gasteiger partial charge < -0.3 is 15.6 Å². The number of aromatic amines is 1. The molecule has 0 aliphatic carbocycles. The minimum absolute atomic E-state index is 0.451. The van der Waals surface area contributed by atoms with E-state index in [2.05, 4.69) is 35.7 Å². The average Bonchev–Trinajstić information content (AvgIpc) is 3.18. The summed E-state index contributed by atoms with van der Waals surface area (Å²) in [5.74, 6) is 1.90. The summed E-state index contributed by atoms with van der Waals surface area (Å²) in [4.78, 5) is 16.2. The van der Waals surface area contributed by atoms with Crippen LogP contribution in [0.4, 0.5) is 23.3 Å². The zero-order valence-corrected chi connectivity index (χ0v) is 12.4. The summed E-state index contributed by atoms with van der Waals surface area (Å²) < 4.78 is 1.71. The largest absolute Gasteiger partial charge is 0.340 e. The molecule has 3 aromatic heterocycles. The Morgan fingerprint density at radius 2 is 1.91 bits per heavy atom. The molecule has 0 saturated carbocycles. The fourth-order valence-electron chi connectivity index (χ4n) is 2.25. The number of nitrogens with zero attached hydrogens (tertiary/aromatic N) is 5. The van der Waals surface area contributed by atoms with Gasteiger partial charge in [-0.3, -0.25) is 4.68 Å². The predicted octanol–water partition coefficient (Wildman–Crippen LogP) is 2.57. The minimum Gasteiger partial charge on any atom is -0.340 e. The van der Waals surface area contributed by atoms with Gasteiger partial charge in [0.15, 0.2) is 11.5 Å². The van der Waals surface area contributed by atoms with E-state index in [-0.39, 0.29) is 0 Å². The molecule has 3 N–H and O–H groups in total. The van der Waals surface area contributed by atoms with E-state index in [1.165, 1.54) is 0 Å². The Morgan fingerprint density at radius 3 is 2.70 bits per heavy atom. The summed E-state index contributed by atoms with van der Waals surface area (Å²) in [5.41, 5.74) is 2.28. The topological polar surface area (TPSA) is 96.3 Å². The third-order valence-corrected chi connectivity index (χ3v) is 3.38. The molecular weight excluding hydrogens is 292 g/mol. The van der Waals surface area contributed by atoms with Crippen molar-refractivity contribution in [1.29, 1.82) is 0 Å². The Bertz CT molecular complexity index is 940. The molecule has 4 aromatic rings. The predicted molar refractivity (Wildman–Crippen MR) is 87.9 cm³/mol. The van der Waals surface area contributed by atoms with Gasteiger partial charge in [0.1, 0.15) is 11.3 Å². The molecule has 4 rings (SSSR count). The van der Waals surface area contributed by atoms with Gasteiger partial charge in [0, 0.05) is 18.8 Å². The third-order valence-electron chi connectivity index (χ3n) is 3.38. The molecule has 0 amide bonds. The molecule has 0 aliphatic heterocycles. The first kappa shape index (κ1) is 13.3. The Hall–Kier alpha value is -3.42. The molecular formula is C15H14N8. The number of hydrogen-bond acceptors (Lipinski definition) is 6. The fourth-order valence-corrected chi connectivity index (χ4v) is 2.25. The number of rotatable bonds is 4. The Balaban J connectivity index is 1.74. The highest BCUT2D eigenvalue weighted by molar-refractivity contribution is 5.86. The first-order valence-corrected chi connectivity index (χ1v) is 7.08. The number of fused-ring (bicyclic) bond motifs is 1. The monoisotopic (exact) mass is 306 g/mol. The van der Waals surface area contributed by atoms with E-state index >= 15 is 0 Å². The van der Waals surface area contributed by atoms with E-state index in [4.69, 9.17) is 0 Å². The van der Waals surface area contributed by atoms with Crippen LogP contribution in [-0.4, -0.2) is 29.7 Å². The highest BCUT2D eigenvalue weighted by Crippen LogP contribution is 2.23. The second kappa shape index (κ2) is 5.41. The van der Waals surface area contributed by atoms with Crippen LogP contribution < -0.4 is 10.6 Å². The van der Waals surface area contributed by atoms with Crippen LogP contribution in [0.2, 0.25) is 0 Å². The first-order chi connectivity index (χ1) is 11.3. The molecule has 0 bridgehead atoms. The molecule has 23 heavy (non-hydrogen) atoms. The molecule has 8 nitrogen and oxygen atoms in total. The summed E-state index contributed by atoms with van der Waals surface area (Å²) in [6.45, 7) is 0. The summed E-state index contributed by atoms with van der Waals surface area (Å²) in [6, 6.07) is 11.7. The molecule has 0 radical (unpaired) electrons. The second-order valence-corrected chi connectivity index (χ2v) is 4.95. The lowest BCUT2D eigenvalue weighted by molar-refractivity contribution is 0.775. The zero-order chi connectivity index (χ0) is 15.6. The van der Waals surface area contributed by atoms with Crippen LogP contribution in [0.15, 0.2) is 48.9 Å². The quantitative estimate of drug-likeness (QED) is 0.536. The van der Waals surface area contributed by atoms with Crippen LogP contribution in [0, 0.1) is 0 Å². The van der Waals surface area contributed by atoms with Crippen LogP contribution >= 0.6 is 0 Å². The first-order valence-electron chi connectivity index (χ1n) is 7.08. The lowest BCUT2D eigenvalue weighted by atomic mass is 10.3. The highest BCUT2D eigenvalue weighted by atomic mass is 15.3. The van der Waals surface area contributed by atoms with Gasteiger partial charge in [-0.1, -0.05) is 18.2 Å². The van der Waals surface area contributed by atoms with E-state index in [1.54, 1.807) is 17.2 Å². The van der Waals surface area contributed by atoms with Crippen molar-refractivity contribution in [3.8, 4) is 0 Å². The highest BCUT2D eigenvalue weighted by Gasteiger charge is 2.11. The molecule has 3 heterocycles. The van der Waals surface area contributed by atoms with Crippen molar-refractivity contribution >= 4 is 34.4 Å². The fraction of sp³-hybridized carbons (Fsp3) is 0.0667. The Morgan fingerprint density at radius 1 is 1.04 bits per heavy atom. The van der Waals surface area contributed by atoms with E-state index in [9.17, 15) is 0 Å². The molecule has 0 aliphatic rings. The number of nitrogens with one attached hydrogen (secondary N) is 3. The van der Waals surface area contributed by atoms with Gasteiger partial charge in [0.2, 0.25) is 5.95 Å². The van der Waals surface area contributed by atoms with Gasteiger partial charge in [0.05, 0.1) is 12.5 Å². The second-order valence-electron chi connectivity index (χ2n) is 4.95. The number of imidazole rings is 1. The van der Waals surface area contributed by atoms with Crippen LogP contribution in [0.3, 0.4) is 0 Å². The van der Waals surface area contributed by atoms with Gasteiger partial charge in [-0.2, -0.15) is 15.1 Å². The molecule has 114 valence electrons. The van der Waals surface area contributed by atoms with E-state index < -0.39 is 0 Å². The maximum Gasteiger partial charge on any atom is 0.232 e. The van der Waals surface area contributed by atoms with Crippen molar-refractivity contribution in [3.63, 3.8) is 0 Å². The normalized spacial score (nSPS) is 10.8. The number of para-hydroxylation sites is 1. The maximum atomic E-state index is 4.54. The van der Waals surface area contributed by atoms with Gasteiger partial charge in [-0.15, -0.1) is 0 Å². The lowest BCUT2D eigenvalue weighted by Crippen LogP contribution is -2.05. The van der Waals surface area contributed by atoms with Crippen LogP contribution in [-0.2, 0) is 7.05 Å². The summed E-state index contributed by atoms with van der Waals surface area (Å²) in [7, 11) is 1.85. The van der Waals surface area contributed by atoms with Crippen molar-refractivity contribution in [2.45, 2.75) is 0 Å². The van der Waals surface area contributed by atoms with Crippen molar-refractivity contribution in [2.75, 3.05) is 10.6 Å². The van der Waals surface area contributed by atoms with E-state index in [0.29, 0.717) is 17.4 Å². The molecule has 0 unspecified atom stereocenters. The minimum atomic E-state index is 0.451. The van der Waals surface area contributed by atoms with E-state index in [1.807, 2.05) is 43.4 Å². The van der Waals surface area contributed by atoms with Crippen LogP contribution in [0.1, 0.15) is 0 Å². The summed E-state index contributed by atoms with van der Waals surface area (Å²) in [6.07, 6.45) is 3.31. The Labute approximate surface area is 131 Å². The number of hydrogen-bond donors (Lipinski definition) is 3. The molecule has 0 fully saturated rings. The van der Waals surface area contributed by atoms with E-state index in [0.717, 1.165) is 17.0 Å². The zero-order valence-electron chi connectivity index (χ0n) is 12.4. The number of anilines is 4. The summed E-state index contributed by atoms with van der Waals surface area (Å²) in [5, 5.41) is 10.5. The number of aryl methyl sites for hydroxylation is 1. The van der Waals surface area contributed by atoms with Crippen LogP contribution in [0.5, 0.6) is 0 Å². The lowest BCUT2D eigenvalue weighted by Gasteiger charge is -2.09. The number of benzene rings is 1. The number of H-pyrrole nitrogens is 1. The smallest absolute Gasteiger partial charge is 0.232 e. The van der Waals surface area contributed by atoms with Crippen molar-refractivity contribution in [2.24, 2.45) is 7.05 Å². The summed E-state index contributed by atoms with van der Waals surface area (Å²) >= 11 is 0. The van der Waals surface area contributed by atoms with Crippen LogP contribution in [0.25, 0.3) is 11.2 Å². The van der Waals surface area contributed by atoms with Crippen molar-refractivity contribution < 1.29 is 0 Å². The maximum absolute atomic E-state index is 4.54. The SMILES string of the molecule is Cn1nccc1Nc1nc(Nc2ccccc2)c2[nH]cnc2n1. The number of aromatic nitrogens is 6. The Kier molecular flexibility index (Phi) is 3.12. The van der Waals surface area contributed by atoms with Gasteiger partial charge in [-0.05, 0) is 12.1 Å². The average molecular weight is 306 g/mol. The van der Waals surface area contributed by atoms with Gasteiger partial charge in [-0.25, -0.2) is 4.98 Å². The molecule has 1 aromatic carbocycles. The van der Waals surface area contributed by atoms with Gasteiger partial charge in [0.25, 0.3) is 0 Å². The molecule has 0 atom stereocenters. The third kappa shape index (κ3) is 2.57. The van der Waals surface area contributed by atoms with Crippen molar-refractivity contribution in [1.82, 2.24) is 29.7 Å². The van der Waals surface area contributed by atoms with Crippen molar-refractivity contribution in [3.05, 3.63) is 48.9 Å². The molecule has 0 spiro atoms. The molecule has 0 saturated heterocycles.